The molecule has 2 N–H and O–H groups in total. The number of amides is 1. The molecule has 21 heavy (non-hydrogen) atoms. The van der Waals surface area contributed by atoms with Crippen LogP contribution in [0.25, 0.3) is 10.8 Å². The molecule has 112 valence electrons. The van der Waals surface area contributed by atoms with E-state index in [0.29, 0.717) is 13.0 Å². The molecule has 0 fully saturated rings. The van der Waals surface area contributed by atoms with Crippen LogP contribution in [0.1, 0.15) is 32.3 Å². The van der Waals surface area contributed by atoms with E-state index < -0.39 is 5.54 Å². The van der Waals surface area contributed by atoms with Gasteiger partial charge in [0.25, 0.3) is 0 Å². The Morgan fingerprint density at radius 1 is 1.19 bits per heavy atom. The van der Waals surface area contributed by atoms with Gasteiger partial charge in [-0.05, 0) is 35.7 Å². The Balaban J connectivity index is 2.14. The first-order chi connectivity index (χ1) is 9.94. The Labute approximate surface area is 126 Å². The van der Waals surface area contributed by atoms with Crippen LogP contribution >= 0.6 is 0 Å². The fourth-order valence-electron chi connectivity index (χ4n) is 2.75. The Kier molecular flexibility index (Phi) is 4.63. The first-order valence-corrected chi connectivity index (χ1v) is 7.46. The van der Waals surface area contributed by atoms with E-state index in [2.05, 4.69) is 30.3 Å². The van der Waals surface area contributed by atoms with Crippen LogP contribution in [0.15, 0.2) is 42.5 Å². The summed E-state index contributed by atoms with van der Waals surface area (Å²) in [5.41, 5.74) is 6.47. The summed E-state index contributed by atoms with van der Waals surface area (Å²) in [6.07, 6.45) is 1.61. The van der Waals surface area contributed by atoms with Gasteiger partial charge >= 0.3 is 0 Å². The second-order valence-electron chi connectivity index (χ2n) is 6.01. The third-order valence-corrected chi connectivity index (χ3v) is 3.84. The predicted molar refractivity (Wildman–Crippen MR) is 87.9 cm³/mol. The third-order valence-electron chi connectivity index (χ3n) is 3.84. The molecule has 3 heteroatoms. The summed E-state index contributed by atoms with van der Waals surface area (Å²) < 4.78 is 0. The molecular weight excluding hydrogens is 260 g/mol. The third kappa shape index (κ3) is 3.61. The zero-order chi connectivity index (χ0) is 15.5. The van der Waals surface area contributed by atoms with Crippen molar-refractivity contribution in [1.29, 1.82) is 0 Å². The van der Waals surface area contributed by atoms with Gasteiger partial charge in [0.1, 0.15) is 0 Å². The number of benzene rings is 2. The summed E-state index contributed by atoms with van der Waals surface area (Å²) in [4.78, 5) is 14.1. The molecule has 0 saturated carbocycles. The van der Waals surface area contributed by atoms with Gasteiger partial charge in [0.05, 0.1) is 5.54 Å². The lowest BCUT2D eigenvalue weighted by molar-refractivity contribution is -0.135. The first kappa shape index (κ1) is 15.5. The fourth-order valence-corrected chi connectivity index (χ4v) is 2.75. The molecule has 3 nitrogen and oxygen atoms in total. The minimum absolute atomic E-state index is 0.00231. The molecule has 0 aliphatic carbocycles. The van der Waals surface area contributed by atoms with E-state index in [0.717, 1.165) is 12.0 Å². The number of carbonyl (C=O) groups excluding carboxylic acids is 1. The number of likely N-dealkylation sites (N-methyl/N-ethyl adjacent to an activating group) is 1. The zero-order valence-corrected chi connectivity index (χ0v) is 13.1. The zero-order valence-electron chi connectivity index (χ0n) is 13.1. The topological polar surface area (TPSA) is 46.3 Å². The van der Waals surface area contributed by atoms with E-state index in [9.17, 15) is 4.79 Å². The molecule has 0 radical (unpaired) electrons. The van der Waals surface area contributed by atoms with Gasteiger partial charge in [-0.1, -0.05) is 49.7 Å². The predicted octanol–water partition coefficient (Wildman–Crippen LogP) is 3.32. The SMILES string of the molecule is CCCC(C)(N)C(=O)N(C)Cc1ccc2ccccc2c1. The summed E-state index contributed by atoms with van der Waals surface area (Å²) >= 11 is 0. The van der Waals surface area contributed by atoms with Gasteiger partial charge < -0.3 is 10.6 Å². The van der Waals surface area contributed by atoms with Crippen molar-refractivity contribution in [2.24, 2.45) is 5.73 Å². The molecule has 1 unspecified atom stereocenters. The Morgan fingerprint density at radius 3 is 2.52 bits per heavy atom. The van der Waals surface area contributed by atoms with Crippen molar-refractivity contribution in [2.75, 3.05) is 7.05 Å². The van der Waals surface area contributed by atoms with E-state index in [4.69, 9.17) is 5.73 Å². The van der Waals surface area contributed by atoms with Gasteiger partial charge in [0.15, 0.2) is 0 Å². The summed E-state index contributed by atoms with van der Waals surface area (Å²) in [5, 5.41) is 2.41. The van der Waals surface area contributed by atoms with Crippen molar-refractivity contribution in [3.63, 3.8) is 0 Å². The average molecular weight is 284 g/mol. The van der Waals surface area contributed by atoms with Crippen LogP contribution in [-0.2, 0) is 11.3 Å². The average Bonchev–Trinajstić information content (AvgIpc) is 2.46. The highest BCUT2D eigenvalue weighted by Gasteiger charge is 2.29. The highest BCUT2D eigenvalue weighted by molar-refractivity contribution is 5.86. The molecule has 1 atom stereocenters. The van der Waals surface area contributed by atoms with Crippen LogP contribution in [0.2, 0.25) is 0 Å². The molecule has 0 aliphatic rings. The van der Waals surface area contributed by atoms with Gasteiger partial charge in [0.2, 0.25) is 5.91 Å². The van der Waals surface area contributed by atoms with Crippen LogP contribution in [0, 0.1) is 0 Å². The lowest BCUT2D eigenvalue weighted by Gasteiger charge is -2.29. The maximum Gasteiger partial charge on any atom is 0.242 e. The van der Waals surface area contributed by atoms with Crippen LogP contribution in [-0.4, -0.2) is 23.4 Å². The van der Waals surface area contributed by atoms with Crippen LogP contribution in [0.4, 0.5) is 0 Å². The number of rotatable bonds is 5. The standard InChI is InChI=1S/C18H24N2O/c1-4-11-18(2,19)17(21)20(3)13-14-9-10-15-7-5-6-8-16(15)12-14/h5-10,12H,4,11,13,19H2,1-3H3. The second kappa shape index (κ2) is 6.27. The Bertz CT molecular complexity index is 634. The van der Waals surface area contributed by atoms with Crippen molar-refractivity contribution < 1.29 is 4.79 Å². The molecule has 0 bridgehead atoms. The molecule has 2 rings (SSSR count). The second-order valence-corrected chi connectivity index (χ2v) is 6.01. The van der Waals surface area contributed by atoms with Gasteiger partial charge in [-0.25, -0.2) is 0 Å². The van der Waals surface area contributed by atoms with Gasteiger partial charge in [-0.2, -0.15) is 0 Å². The quantitative estimate of drug-likeness (QED) is 0.915. The van der Waals surface area contributed by atoms with E-state index >= 15 is 0 Å². The monoisotopic (exact) mass is 284 g/mol. The maximum absolute atomic E-state index is 12.4. The maximum atomic E-state index is 12.4. The van der Waals surface area contributed by atoms with Crippen molar-refractivity contribution >= 4 is 16.7 Å². The molecule has 1 amide bonds. The van der Waals surface area contributed by atoms with E-state index in [1.807, 2.05) is 33.0 Å². The molecule has 0 saturated heterocycles. The molecule has 0 heterocycles. The van der Waals surface area contributed by atoms with E-state index in [-0.39, 0.29) is 5.91 Å². The van der Waals surface area contributed by atoms with E-state index in [1.54, 1.807) is 4.90 Å². The van der Waals surface area contributed by atoms with Gasteiger partial charge in [-0.15, -0.1) is 0 Å². The highest BCUT2D eigenvalue weighted by Crippen LogP contribution is 2.18. The van der Waals surface area contributed by atoms with Gasteiger partial charge in [-0.3, -0.25) is 4.79 Å². The van der Waals surface area contributed by atoms with Crippen LogP contribution in [0.3, 0.4) is 0 Å². The number of nitrogens with zero attached hydrogens (tertiary/aromatic N) is 1. The molecule has 0 spiro atoms. The smallest absolute Gasteiger partial charge is 0.242 e. The summed E-state index contributed by atoms with van der Waals surface area (Å²) in [6.45, 7) is 4.44. The Hall–Kier alpha value is -1.87. The fraction of sp³-hybridized carbons (Fsp3) is 0.389. The van der Waals surface area contributed by atoms with Gasteiger partial charge in [0, 0.05) is 13.6 Å². The van der Waals surface area contributed by atoms with Crippen LogP contribution in [0.5, 0.6) is 0 Å². The lowest BCUT2D eigenvalue weighted by Crippen LogP contribution is -2.51. The largest absolute Gasteiger partial charge is 0.340 e. The number of hydrogen-bond donors (Lipinski definition) is 1. The molecule has 2 aromatic carbocycles. The number of nitrogens with two attached hydrogens (primary N) is 1. The lowest BCUT2D eigenvalue weighted by atomic mass is 9.95. The minimum atomic E-state index is -0.777. The number of carbonyl (C=O) groups is 1. The van der Waals surface area contributed by atoms with Crippen LogP contribution < -0.4 is 5.73 Å². The summed E-state index contributed by atoms with van der Waals surface area (Å²) in [7, 11) is 1.82. The Morgan fingerprint density at radius 2 is 1.86 bits per heavy atom. The summed E-state index contributed by atoms with van der Waals surface area (Å²) in [6, 6.07) is 14.5. The first-order valence-electron chi connectivity index (χ1n) is 7.46. The normalized spacial score (nSPS) is 13.9. The van der Waals surface area contributed by atoms with Crippen molar-refractivity contribution in [1.82, 2.24) is 4.90 Å². The number of fused-ring (bicyclic) bond motifs is 1. The molecule has 0 aliphatic heterocycles. The molecule has 0 aromatic heterocycles. The minimum Gasteiger partial charge on any atom is -0.340 e. The summed E-state index contributed by atoms with van der Waals surface area (Å²) in [5.74, 6) is -0.00231. The van der Waals surface area contributed by atoms with E-state index in [1.165, 1.54) is 10.8 Å². The number of hydrogen-bond acceptors (Lipinski definition) is 2. The molecular formula is C18H24N2O. The highest BCUT2D eigenvalue weighted by atomic mass is 16.2. The van der Waals surface area contributed by atoms with Crippen molar-refractivity contribution in [3.8, 4) is 0 Å². The van der Waals surface area contributed by atoms with Crippen molar-refractivity contribution in [3.05, 3.63) is 48.0 Å². The molecule has 2 aromatic rings. The van der Waals surface area contributed by atoms with Crippen molar-refractivity contribution in [2.45, 2.75) is 38.8 Å².